The number of aromatic nitrogens is 2. The Balaban J connectivity index is 1.78. The molecule has 1 aromatic heterocycles. The van der Waals surface area contributed by atoms with Crippen LogP contribution in [0.25, 0.3) is 5.69 Å². The maximum Gasteiger partial charge on any atom is 0.413 e. The van der Waals surface area contributed by atoms with Gasteiger partial charge >= 0.3 is 12.1 Å². The number of rotatable bonds is 5. The van der Waals surface area contributed by atoms with Crippen molar-refractivity contribution in [1.82, 2.24) is 9.78 Å². The minimum absolute atomic E-state index is 0.0587. The van der Waals surface area contributed by atoms with Crippen LogP contribution in [0, 0.1) is 5.82 Å². The van der Waals surface area contributed by atoms with Gasteiger partial charge in [-0.15, -0.1) is 0 Å². The predicted octanol–water partition coefficient (Wildman–Crippen LogP) is 3.46. The third-order valence-electron chi connectivity index (χ3n) is 3.44. The Labute approximate surface area is 147 Å². The van der Waals surface area contributed by atoms with E-state index in [9.17, 15) is 14.0 Å². The maximum atomic E-state index is 13.1. The Hall–Kier alpha value is -3.68. The normalized spacial score (nSPS) is 10.3. The van der Waals surface area contributed by atoms with Crippen LogP contribution in [0.4, 0.5) is 15.0 Å². The number of halogens is 1. The quantitative estimate of drug-likeness (QED) is 0.731. The second-order valence-electron chi connectivity index (χ2n) is 5.29. The van der Waals surface area contributed by atoms with Gasteiger partial charge in [0.25, 0.3) is 0 Å². The standard InChI is InChI=1S/C18H14FN3O4/c19-13-6-8-14(9-7-13)22-16(10-15(21-22)17(23)24)20-18(25)26-11-12-4-2-1-3-5-12/h1-10H,11H2,(H,20,25)(H,23,24). The van der Waals surface area contributed by atoms with E-state index < -0.39 is 17.9 Å². The molecule has 7 nitrogen and oxygen atoms in total. The molecule has 2 N–H and O–H groups in total. The van der Waals surface area contributed by atoms with Crippen molar-refractivity contribution < 1.29 is 23.8 Å². The van der Waals surface area contributed by atoms with Crippen molar-refractivity contribution in [3.63, 3.8) is 0 Å². The zero-order valence-electron chi connectivity index (χ0n) is 13.4. The molecule has 0 aliphatic carbocycles. The number of carboxylic acids is 1. The van der Waals surface area contributed by atoms with Gasteiger partial charge in [-0.25, -0.2) is 18.7 Å². The van der Waals surface area contributed by atoms with Gasteiger partial charge < -0.3 is 9.84 Å². The smallest absolute Gasteiger partial charge is 0.413 e. The average molecular weight is 355 g/mol. The molecule has 0 saturated carbocycles. The molecular weight excluding hydrogens is 341 g/mol. The van der Waals surface area contributed by atoms with E-state index in [1.165, 1.54) is 35.0 Å². The summed E-state index contributed by atoms with van der Waals surface area (Å²) >= 11 is 0. The molecule has 8 heteroatoms. The van der Waals surface area contributed by atoms with Crippen molar-refractivity contribution in [1.29, 1.82) is 0 Å². The molecule has 0 fully saturated rings. The van der Waals surface area contributed by atoms with Gasteiger partial charge in [0.2, 0.25) is 0 Å². The number of carbonyl (C=O) groups excluding carboxylic acids is 1. The number of hydrogen-bond acceptors (Lipinski definition) is 4. The number of carboxylic acid groups (broad SMARTS) is 1. The Morgan fingerprint density at radius 2 is 1.81 bits per heavy atom. The molecule has 0 atom stereocenters. The summed E-state index contributed by atoms with van der Waals surface area (Å²) in [6, 6.07) is 15.5. The molecule has 0 aliphatic rings. The van der Waals surface area contributed by atoms with Gasteiger partial charge in [-0.2, -0.15) is 5.10 Å². The second-order valence-corrected chi connectivity index (χ2v) is 5.29. The molecule has 0 bridgehead atoms. The van der Waals surface area contributed by atoms with E-state index >= 15 is 0 Å². The molecule has 3 rings (SSSR count). The topological polar surface area (TPSA) is 93.5 Å². The fourth-order valence-corrected chi connectivity index (χ4v) is 2.22. The van der Waals surface area contributed by atoms with Crippen molar-refractivity contribution in [2.24, 2.45) is 0 Å². The summed E-state index contributed by atoms with van der Waals surface area (Å²) in [5.41, 5.74) is 0.922. The Morgan fingerprint density at radius 3 is 2.46 bits per heavy atom. The molecule has 1 amide bonds. The number of hydrogen-bond donors (Lipinski definition) is 2. The first-order chi connectivity index (χ1) is 12.5. The lowest BCUT2D eigenvalue weighted by molar-refractivity contribution is 0.0690. The maximum absolute atomic E-state index is 13.1. The molecule has 132 valence electrons. The first kappa shape index (κ1) is 17.2. The largest absolute Gasteiger partial charge is 0.476 e. The van der Waals surface area contributed by atoms with Crippen molar-refractivity contribution in [2.75, 3.05) is 5.32 Å². The highest BCUT2D eigenvalue weighted by Gasteiger charge is 2.17. The lowest BCUT2D eigenvalue weighted by Crippen LogP contribution is -2.16. The van der Waals surface area contributed by atoms with Gasteiger partial charge in [0.05, 0.1) is 5.69 Å². The number of benzene rings is 2. The Bertz CT molecular complexity index is 923. The fraction of sp³-hybridized carbons (Fsp3) is 0.0556. The highest BCUT2D eigenvalue weighted by atomic mass is 19.1. The first-order valence-corrected chi connectivity index (χ1v) is 7.60. The fourth-order valence-electron chi connectivity index (χ4n) is 2.22. The summed E-state index contributed by atoms with van der Waals surface area (Å²) in [6.07, 6.45) is -0.769. The van der Waals surface area contributed by atoms with Crippen molar-refractivity contribution in [3.8, 4) is 5.69 Å². The summed E-state index contributed by atoms with van der Waals surface area (Å²) in [5, 5.41) is 15.5. The molecule has 0 saturated heterocycles. The van der Waals surface area contributed by atoms with Crippen LogP contribution in [0.3, 0.4) is 0 Å². The van der Waals surface area contributed by atoms with E-state index in [1.54, 1.807) is 12.1 Å². The third kappa shape index (κ3) is 4.04. The van der Waals surface area contributed by atoms with Crippen LogP contribution in [-0.2, 0) is 11.3 Å². The van der Waals surface area contributed by atoms with E-state index in [0.29, 0.717) is 5.69 Å². The van der Waals surface area contributed by atoms with Gasteiger partial charge in [-0.3, -0.25) is 5.32 Å². The van der Waals surface area contributed by atoms with Gasteiger partial charge in [-0.05, 0) is 29.8 Å². The first-order valence-electron chi connectivity index (χ1n) is 7.60. The number of carbonyl (C=O) groups is 2. The van der Waals surface area contributed by atoms with E-state index in [1.807, 2.05) is 18.2 Å². The zero-order chi connectivity index (χ0) is 18.5. The summed E-state index contributed by atoms with van der Waals surface area (Å²) in [4.78, 5) is 23.2. The van der Waals surface area contributed by atoms with Crippen molar-refractivity contribution >= 4 is 17.9 Å². The molecule has 0 spiro atoms. The zero-order valence-corrected chi connectivity index (χ0v) is 13.4. The minimum Gasteiger partial charge on any atom is -0.476 e. The lowest BCUT2D eigenvalue weighted by Gasteiger charge is -2.09. The van der Waals surface area contributed by atoms with Crippen molar-refractivity contribution in [3.05, 3.63) is 77.7 Å². The summed E-state index contributed by atoms with van der Waals surface area (Å²) in [5.74, 6) is -1.62. The molecule has 26 heavy (non-hydrogen) atoms. The van der Waals surface area contributed by atoms with Gasteiger partial charge in [0, 0.05) is 6.07 Å². The van der Waals surface area contributed by atoms with E-state index in [-0.39, 0.29) is 18.1 Å². The van der Waals surface area contributed by atoms with Gasteiger partial charge in [-0.1, -0.05) is 30.3 Å². The van der Waals surface area contributed by atoms with Crippen LogP contribution in [0.5, 0.6) is 0 Å². The van der Waals surface area contributed by atoms with Crippen molar-refractivity contribution in [2.45, 2.75) is 6.61 Å². The van der Waals surface area contributed by atoms with E-state index in [0.717, 1.165) is 5.56 Å². The number of nitrogens with zero attached hydrogens (tertiary/aromatic N) is 2. The monoisotopic (exact) mass is 355 g/mol. The van der Waals surface area contributed by atoms with Gasteiger partial charge in [0.15, 0.2) is 5.69 Å². The SMILES string of the molecule is O=C(Nc1cc(C(=O)O)nn1-c1ccc(F)cc1)OCc1ccccc1. The summed E-state index contributed by atoms with van der Waals surface area (Å²) in [6.45, 7) is 0.0587. The summed E-state index contributed by atoms with van der Waals surface area (Å²) in [7, 11) is 0. The van der Waals surface area contributed by atoms with Gasteiger partial charge in [0.1, 0.15) is 18.2 Å². The van der Waals surface area contributed by atoms with Crippen LogP contribution in [0.15, 0.2) is 60.7 Å². The van der Waals surface area contributed by atoms with E-state index in [2.05, 4.69) is 10.4 Å². The van der Waals surface area contributed by atoms with Crippen LogP contribution in [-0.4, -0.2) is 26.9 Å². The Morgan fingerprint density at radius 1 is 1.12 bits per heavy atom. The number of amides is 1. The lowest BCUT2D eigenvalue weighted by atomic mass is 10.2. The molecule has 0 unspecified atom stereocenters. The molecule has 2 aromatic carbocycles. The Kier molecular flexibility index (Phi) is 4.93. The average Bonchev–Trinajstić information content (AvgIpc) is 3.05. The minimum atomic E-state index is -1.26. The molecule has 1 heterocycles. The molecule has 0 radical (unpaired) electrons. The molecule has 3 aromatic rings. The van der Waals surface area contributed by atoms with Crippen LogP contribution in [0.2, 0.25) is 0 Å². The second kappa shape index (κ2) is 7.47. The molecular formula is C18H14FN3O4. The third-order valence-corrected chi connectivity index (χ3v) is 3.44. The number of nitrogens with one attached hydrogen (secondary N) is 1. The number of aromatic carboxylic acids is 1. The molecule has 0 aliphatic heterocycles. The predicted molar refractivity (Wildman–Crippen MR) is 90.7 cm³/mol. The van der Waals surface area contributed by atoms with Crippen LogP contribution >= 0.6 is 0 Å². The highest BCUT2D eigenvalue weighted by Crippen LogP contribution is 2.18. The van der Waals surface area contributed by atoms with Crippen LogP contribution in [0.1, 0.15) is 16.1 Å². The summed E-state index contributed by atoms with van der Waals surface area (Å²) < 4.78 is 19.4. The van der Waals surface area contributed by atoms with E-state index in [4.69, 9.17) is 9.84 Å². The highest BCUT2D eigenvalue weighted by molar-refractivity contribution is 5.89. The number of anilines is 1. The number of ether oxygens (including phenoxy) is 1. The van der Waals surface area contributed by atoms with Crippen LogP contribution < -0.4 is 5.32 Å².